The van der Waals surface area contributed by atoms with Gasteiger partial charge in [-0.3, -0.25) is 4.79 Å². The summed E-state index contributed by atoms with van der Waals surface area (Å²) in [6.07, 6.45) is 2.07. The monoisotopic (exact) mass is 318 g/mol. The molecule has 0 bridgehead atoms. The van der Waals surface area contributed by atoms with Gasteiger partial charge in [-0.25, -0.2) is 9.67 Å². The van der Waals surface area contributed by atoms with Gasteiger partial charge in [0, 0.05) is 13.1 Å². The second-order valence-electron chi connectivity index (χ2n) is 6.01. The first-order chi connectivity index (χ1) is 10.6. The molecule has 3 rings (SSSR count). The highest BCUT2D eigenvalue weighted by molar-refractivity contribution is 7.08. The van der Waals surface area contributed by atoms with Gasteiger partial charge in [-0.1, -0.05) is 0 Å². The number of amides is 1. The second-order valence-corrected chi connectivity index (χ2v) is 6.79. The number of aryl methyl sites for hydroxylation is 2. The highest BCUT2D eigenvalue weighted by Gasteiger charge is 2.29. The molecule has 5 nitrogen and oxygen atoms in total. The average Bonchev–Trinajstić information content (AvgIpc) is 3.15. The van der Waals surface area contributed by atoms with Gasteiger partial charge in [0.2, 0.25) is 5.91 Å². The van der Waals surface area contributed by atoms with Crippen LogP contribution in [0.4, 0.5) is 0 Å². The van der Waals surface area contributed by atoms with E-state index in [1.54, 1.807) is 11.3 Å². The first-order valence-electron chi connectivity index (χ1n) is 7.77. The number of nitrogens with zero attached hydrogens (tertiary/aromatic N) is 4. The van der Waals surface area contributed by atoms with E-state index < -0.39 is 0 Å². The molecule has 0 aromatic carbocycles. The third kappa shape index (κ3) is 2.92. The Labute approximate surface area is 135 Å². The Hall–Kier alpha value is -1.69. The SMILES string of the molecule is Cc1nc(C)n([C@@H]2CCCN(C(=O)[C@@H](C)c3ccsc3)C2)n1. The number of carbonyl (C=O) groups excluding carboxylic acids is 1. The maximum atomic E-state index is 12.7. The maximum absolute atomic E-state index is 12.7. The lowest BCUT2D eigenvalue weighted by atomic mass is 9.99. The van der Waals surface area contributed by atoms with Crippen molar-refractivity contribution in [3.8, 4) is 0 Å². The van der Waals surface area contributed by atoms with Gasteiger partial charge < -0.3 is 4.90 Å². The van der Waals surface area contributed by atoms with Crippen LogP contribution in [0.3, 0.4) is 0 Å². The van der Waals surface area contributed by atoms with Gasteiger partial charge in [0.05, 0.1) is 12.0 Å². The Morgan fingerprint density at radius 1 is 1.45 bits per heavy atom. The molecule has 3 heterocycles. The van der Waals surface area contributed by atoms with Crippen LogP contribution in [0, 0.1) is 13.8 Å². The van der Waals surface area contributed by atoms with E-state index in [0.717, 1.165) is 43.1 Å². The summed E-state index contributed by atoms with van der Waals surface area (Å²) in [5.74, 6) is 1.89. The van der Waals surface area contributed by atoms with E-state index in [1.165, 1.54) is 0 Å². The smallest absolute Gasteiger partial charge is 0.229 e. The van der Waals surface area contributed by atoms with Gasteiger partial charge in [-0.05, 0) is 56.0 Å². The molecule has 0 saturated carbocycles. The molecule has 1 aliphatic heterocycles. The summed E-state index contributed by atoms with van der Waals surface area (Å²) in [6.45, 7) is 7.47. The van der Waals surface area contributed by atoms with E-state index in [9.17, 15) is 4.79 Å². The molecular formula is C16H22N4OS. The van der Waals surface area contributed by atoms with Crippen molar-refractivity contribution >= 4 is 17.2 Å². The zero-order valence-corrected chi connectivity index (χ0v) is 14.1. The Balaban J connectivity index is 1.73. The fourth-order valence-electron chi connectivity index (χ4n) is 3.17. The molecule has 0 aliphatic carbocycles. The first-order valence-corrected chi connectivity index (χ1v) is 8.71. The van der Waals surface area contributed by atoms with Crippen molar-refractivity contribution in [3.63, 3.8) is 0 Å². The Morgan fingerprint density at radius 3 is 2.91 bits per heavy atom. The van der Waals surface area contributed by atoms with Crippen molar-refractivity contribution in [2.45, 2.75) is 45.6 Å². The van der Waals surface area contributed by atoms with Crippen LogP contribution in [0.5, 0.6) is 0 Å². The number of thiophene rings is 1. The molecule has 0 radical (unpaired) electrons. The van der Waals surface area contributed by atoms with Crippen LogP contribution in [0.25, 0.3) is 0 Å². The predicted molar refractivity (Wildman–Crippen MR) is 87.1 cm³/mol. The predicted octanol–water partition coefficient (Wildman–Crippen LogP) is 2.92. The molecule has 1 amide bonds. The van der Waals surface area contributed by atoms with Crippen molar-refractivity contribution < 1.29 is 4.79 Å². The van der Waals surface area contributed by atoms with Gasteiger partial charge in [0.15, 0.2) is 0 Å². The van der Waals surface area contributed by atoms with E-state index in [1.807, 2.05) is 41.8 Å². The average molecular weight is 318 g/mol. The van der Waals surface area contributed by atoms with E-state index in [-0.39, 0.29) is 17.9 Å². The second kappa shape index (κ2) is 6.20. The number of carbonyl (C=O) groups is 1. The molecule has 6 heteroatoms. The molecular weight excluding hydrogens is 296 g/mol. The molecule has 0 unspecified atom stereocenters. The normalized spacial score (nSPS) is 20.1. The van der Waals surface area contributed by atoms with Gasteiger partial charge in [-0.15, -0.1) is 0 Å². The summed E-state index contributed by atoms with van der Waals surface area (Å²) in [5.41, 5.74) is 1.12. The van der Waals surface area contributed by atoms with Crippen LogP contribution in [0.2, 0.25) is 0 Å². The summed E-state index contributed by atoms with van der Waals surface area (Å²) in [5, 5.41) is 8.58. The number of rotatable bonds is 3. The highest BCUT2D eigenvalue weighted by Crippen LogP contribution is 2.26. The number of aromatic nitrogens is 3. The van der Waals surface area contributed by atoms with E-state index in [2.05, 4.69) is 15.5 Å². The highest BCUT2D eigenvalue weighted by atomic mass is 32.1. The standard InChI is InChI=1S/C16H22N4OS/c1-11(14-6-8-22-10-14)16(21)19-7-4-5-15(9-19)20-13(3)17-12(2)18-20/h6,8,10-11,15H,4-5,7,9H2,1-3H3/t11-,15+/m0/s1. The van der Waals surface area contributed by atoms with Gasteiger partial charge in [0.1, 0.15) is 11.6 Å². The van der Waals surface area contributed by atoms with E-state index in [0.29, 0.717) is 0 Å². The van der Waals surface area contributed by atoms with Gasteiger partial charge in [0.25, 0.3) is 0 Å². The molecule has 2 atom stereocenters. The van der Waals surface area contributed by atoms with Crippen LogP contribution in [0.15, 0.2) is 16.8 Å². The number of piperidine rings is 1. The minimum absolute atomic E-state index is 0.0661. The Morgan fingerprint density at radius 2 is 2.27 bits per heavy atom. The van der Waals surface area contributed by atoms with Crippen molar-refractivity contribution in [1.82, 2.24) is 19.7 Å². The van der Waals surface area contributed by atoms with Crippen molar-refractivity contribution in [2.24, 2.45) is 0 Å². The van der Waals surface area contributed by atoms with Crippen molar-refractivity contribution in [2.75, 3.05) is 13.1 Å². The molecule has 0 N–H and O–H groups in total. The summed E-state index contributed by atoms with van der Waals surface area (Å²) in [6, 6.07) is 2.29. The van der Waals surface area contributed by atoms with Gasteiger partial charge in [-0.2, -0.15) is 16.4 Å². The first kappa shape index (κ1) is 15.2. The van der Waals surface area contributed by atoms with Crippen LogP contribution in [-0.4, -0.2) is 38.7 Å². The number of hydrogen-bond donors (Lipinski definition) is 0. The fourth-order valence-corrected chi connectivity index (χ4v) is 3.93. The number of likely N-dealkylation sites (tertiary alicyclic amines) is 1. The molecule has 2 aromatic heterocycles. The van der Waals surface area contributed by atoms with E-state index in [4.69, 9.17) is 0 Å². The quantitative estimate of drug-likeness (QED) is 0.874. The third-order valence-corrected chi connectivity index (χ3v) is 5.08. The van der Waals surface area contributed by atoms with Gasteiger partial charge >= 0.3 is 0 Å². The largest absolute Gasteiger partial charge is 0.340 e. The lowest BCUT2D eigenvalue weighted by molar-refractivity contribution is -0.134. The molecule has 2 aromatic rings. The lowest BCUT2D eigenvalue weighted by Crippen LogP contribution is -2.42. The molecule has 22 heavy (non-hydrogen) atoms. The Kier molecular flexibility index (Phi) is 4.29. The van der Waals surface area contributed by atoms with Crippen LogP contribution in [0.1, 0.15) is 48.9 Å². The third-order valence-electron chi connectivity index (χ3n) is 4.38. The maximum Gasteiger partial charge on any atom is 0.229 e. The molecule has 0 spiro atoms. The molecule has 1 fully saturated rings. The summed E-state index contributed by atoms with van der Waals surface area (Å²) in [7, 11) is 0. The summed E-state index contributed by atoms with van der Waals surface area (Å²) < 4.78 is 1.99. The fraction of sp³-hybridized carbons (Fsp3) is 0.562. The van der Waals surface area contributed by atoms with Crippen LogP contribution in [-0.2, 0) is 4.79 Å². The molecule has 118 valence electrons. The number of hydrogen-bond acceptors (Lipinski definition) is 4. The Bertz CT molecular complexity index is 649. The van der Waals surface area contributed by atoms with E-state index >= 15 is 0 Å². The zero-order chi connectivity index (χ0) is 15.7. The van der Waals surface area contributed by atoms with Crippen LogP contribution >= 0.6 is 11.3 Å². The summed E-state index contributed by atoms with van der Waals surface area (Å²) >= 11 is 1.64. The topological polar surface area (TPSA) is 51.0 Å². The molecule has 1 saturated heterocycles. The lowest BCUT2D eigenvalue weighted by Gasteiger charge is -2.34. The minimum Gasteiger partial charge on any atom is -0.340 e. The van der Waals surface area contributed by atoms with Crippen molar-refractivity contribution in [3.05, 3.63) is 34.0 Å². The summed E-state index contributed by atoms with van der Waals surface area (Å²) in [4.78, 5) is 19.1. The van der Waals surface area contributed by atoms with Crippen molar-refractivity contribution in [1.29, 1.82) is 0 Å². The zero-order valence-electron chi connectivity index (χ0n) is 13.3. The van der Waals surface area contributed by atoms with Crippen LogP contribution < -0.4 is 0 Å². The minimum atomic E-state index is -0.0661. The molecule has 1 aliphatic rings.